The van der Waals surface area contributed by atoms with E-state index in [1.54, 1.807) is 18.2 Å². The van der Waals surface area contributed by atoms with Crippen LogP contribution in [0.25, 0.3) is 0 Å². The van der Waals surface area contributed by atoms with Crippen LogP contribution in [0.4, 0.5) is 0 Å². The highest BCUT2D eigenvalue weighted by molar-refractivity contribution is 5.86. The molecule has 1 atom stereocenters. The minimum atomic E-state index is -1.14. The minimum absolute atomic E-state index is 0.340. The van der Waals surface area contributed by atoms with Gasteiger partial charge in [-0.2, -0.15) is 0 Å². The third-order valence-electron chi connectivity index (χ3n) is 2.19. The molecule has 0 aromatic heterocycles. The van der Waals surface area contributed by atoms with Crippen LogP contribution < -0.4 is 11.5 Å². The molecule has 1 aromatic rings. The molecule has 1 rings (SSSR count). The molecule has 3 nitrogen and oxygen atoms in total. The van der Waals surface area contributed by atoms with Crippen LogP contribution in [0, 0.1) is 0 Å². The van der Waals surface area contributed by atoms with E-state index in [1.807, 2.05) is 18.2 Å². The van der Waals surface area contributed by atoms with Gasteiger partial charge in [-0.1, -0.05) is 36.4 Å². The van der Waals surface area contributed by atoms with E-state index in [2.05, 4.69) is 6.58 Å². The number of hydrogen-bond donors (Lipinski definition) is 2. The van der Waals surface area contributed by atoms with E-state index in [1.165, 1.54) is 0 Å². The SMILES string of the molecule is C=CCC(N)(C(N)=O)c1ccccc1. The van der Waals surface area contributed by atoms with Crippen LogP contribution in [-0.2, 0) is 10.3 Å². The number of benzene rings is 1. The zero-order valence-electron chi connectivity index (χ0n) is 7.94. The predicted molar refractivity (Wildman–Crippen MR) is 56.3 cm³/mol. The Kier molecular flexibility index (Phi) is 3.04. The zero-order valence-corrected chi connectivity index (χ0v) is 7.94. The maximum Gasteiger partial charge on any atom is 0.242 e. The van der Waals surface area contributed by atoms with Gasteiger partial charge in [0.15, 0.2) is 0 Å². The summed E-state index contributed by atoms with van der Waals surface area (Å²) in [5, 5.41) is 0. The molecule has 14 heavy (non-hydrogen) atoms. The summed E-state index contributed by atoms with van der Waals surface area (Å²) in [5.74, 6) is -0.538. The van der Waals surface area contributed by atoms with Crippen LogP contribution in [0.2, 0.25) is 0 Å². The van der Waals surface area contributed by atoms with Crippen molar-refractivity contribution >= 4 is 5.91 Å². The standard InChI is InChI=1S/C11H14N2O/c1-2-8-11(13,10(12)14)9-6-4-3-5-7-9/h2-7H,1,8,13H2,(H2,12,14). The van der Waals surface area contributed by atoms with Crippen LogP contribution >= 0.6 is 0 Å². The van der Waals surface area contributed by atoms with Gasteiger partial charge in [0, 0.05) is 0 Å². The van der Waals surface area contributed by atoms with E-state index in [-0.39, 0.29) is 0 Å². The zero-order chi connectivity index (χ0) is 10.6. The molecule has 74 valence electrons. The third-order valence-corrected chi connectivity index (χ3v) is 2.19. The molecule has 0 saturated carbocycles. The maximum absolute atomic E-state index is 11.3. The third kappa shape index (κ3) is 1.83. The molecular formula is C11H14N2O. The van der Waals surface area contributed by atoms with Gasteiger partial charge < -0.3 is 11.5 Å². The van der Waals surface area contributed by atoms with Crippen LogP contribution in [0.3, 0.4) is 0 Å². The summed E-state index contributed by atoms with van der Waals surface area (Å²) in [6.45, 7) is 3.57. The Bertz CT molecular complexity index is 334. The first-order chi connectivity index (χ1) is 6.61. The first-order valence-electron chi connectivity index (χ1n) is 4.36. The van der Waals surface area contributed by atoms with Crippen molar-refractivity contribution in [2.45, 2.75) is 12.0 Å². The Morgan fingerprint density at radius 2 is 2.00 bits per heavy atom. The number of carbonyl (C=O) groups is 1. The van der Waals surface area contributed by atoms with Crippen molar-refractivity contribution in [1.29, 1.82) is 0 Å². The highest BCUT2D eigenvalue weighted by atomic mass is 16.1. The molecular weight excluding hydrogens is 176 g/mol. The molecule has 0 saturated heterocycles. The van der Waals surface area contributed by atoms with Gasteiger partial charge in [-0.15, -0.1) is 6.58 Å². The van der Waals surface area contributed by atoms with Gasteiger partial charge in [-0.3, -0.25) is 4.79 Å². The summed E-state index contributed by atoms with van der Waals surface area (Å²) in [7, 11) is 0. The van der Waals surface area contributed by atoms with Gasteiger partial charge in [0.05, 0.1) is 0 Å². The van der Waals surface area contributed by atoms with E-state index >= 15 is 0 Å². The van der Waals surface area contributed by atoms with Gasteiger partial charge in [0.25, 0.3) is 0 Å². The Hall–Kier alpha value is -1.61. The fourth-order valence-electron chi connectivity index (χ4n) is 1.32. The number of hydrogen-bond acceptors (Lipinski definition) is 2. The summed E-state index contributed by atoms with van der Waals surface area (Å²) in [6.07, 6.45) is 1.93. The lowest BCUT2D eigenvalue weighted by atomic mass is 9.87. The second-order valence-electron chi connectivity index (χ2n) is 3.19. The average Bonchev–Trinajstić information content (AvgIpc) is 2.19. The topological polar surface area (TPSA) is 69.1 Å². The molecule has 1 amide bonds. The van der Waals surface area contributed by atoms with Crippen LogP contribution in [0.1, 0.15) is 12.0 Å². The Labute approximate surface area is 83.4 Å². The maximum atomic E-state index is 11.3. The normalized spacial score (nSPS) is 14.4. The molecule has 0 fully saturated rings. The summed E-state index contributed by atoms with van der Waals surface area (Å²) in [4.78, 5) is 11.3. The first-order valence-corrected chi connectivity index (χ1v) is 4.36. The lowest BCUT2D eigenvalue weighted by Gasteiger charge is -2.24. The molecule has 3 heteroatoms. The van der Waals surface area contributed by atoms with Crippen LogP contribution in [0.15, 0.2) is 43.0 Å². The van der Waals surface area contributed by atoms with Crippen molar-refractivity contribution in [2.75, 3.05) is 0 Å². The lowest BCUT2D eigenvalue weighted by Crippen LogP contribution is -2.48. The molecule has 0 bridgehead atoms. The molecule has 0 aliphatic carbocycles. The molecule has 1 unspecified atom stereocenters. The first kappa shape index (κ1) is 10.5. The van der Waals surface area contributed by atoms with Gasteiger partial charge in [0.2, 0.25) is 5.91 Å². The highest BCUT2D eigenvalue weighted by Crippen LogP contribution is 2.21. The Morgan fingerprint density at radius 3 is 2.43 bits per heavy atom. The van der Waals surface area contributed by atoms with Gasteiger partial charge >= 0.3 is 0 Å². The Balaban J connectivity index is 3.12. The van der Waals surface area contributed by atoms with E-state index < -0.39 is 11.4 Å². The molecule has 0 spiro atoms. The number of rotatable bonds is 4. The van der Waals surface area contributed by atoms with E-state index in [0.717, 1.165) is 0 Å². The van der Waals surface area contributed by atoms with E-state index in [9.17, 15) is 4.79 Å². The second kappa shape index (κ2) is 4.07. The average molecular weight is 190 g/mol. The molecule has 0 aliphatic heterocycles. The van der Waals surface area contributed by atoms with Crippen molar-refractivity contribution in [1.82, 2.24) is 0 Å². The fraction of sp³-hybridized carbons (Fsp3) is 0.182. The fourth-order valence-corrected chi connectivity index (χ4v) is 1.32. The van der Waals surface area contributed by atoms with Gasteiger partial charge in [-0.05, 0) is 12.0 Å². The summed E-state index contributed by atoms with van der Waals surface area (Å²) in [5.41, 5.74) is 10.8. The van der Waals surface area contributed by atoms with Crippen molar-refractivity contribution in [3.8, 4) is 0 Å². The molecule has 4 N–H and O–H groups in total. The van der Waals surface area contributed by atoms with Crippen LogP contribution in [-0.4, -0.2) is 5.91 Å². The van der Waals surface area contributed by atoms with Crippen molar-refractivity contribution < 1.29 is 4.79 Å². The number of amides is 1. The number of carbonyl (C=O) groups excluding carboxylic acids is 1. The second-order valence-corrected chi connectivity index (χ2v) is 3.19. The van der Waals surface area contributed by atoms with E-state index in [4.69, 9.17) is 11.5 Å². The summed E-state index contributed by atoms with van der Waals surface area (Å²) in [6, 6.07) is 9.08. The van der Waals surface area contributed by atoms with Crippen molar-refractivity contribution in [2.24, 2.45) is 11.5 Å². The van der Waals surface area contributed by atoms with Crippen molar-refractivity contribution in [3.05, 3.63) is 48.6 Å². The van der Waals surface area contributed by atoms with E-state index in [0.29, 0.717) is 12.0 Å². The molecule has 0 radical (unpaired) electrons. The van der Waals surface area contributed by atoms with Gasteiger partial charge in [-0.25, -0.2) is 0 Å². The monoisotopic (exact) mass is 190 g/mol. The minimum Gasteiger partial charge on any atom is -0.368 e. The number of nitrogens with two attached hydrogens (primary N) is 2. The summed E-state index contributed by atoms with van der Waals surface area (Å²) < 4.78 is 0. The molecule has 0 aliphatic rings. The Morgan fingerprint density at radius 1 is 1.43 bits per heavy atom. The molecule has 1 aromatic carbocycles. The van der Waals surface area contributed by atoms with Gasteiger partial charge in [0.1, 0.15) is 5.54 Å². The van der Waals surface area contributed by atoms with Crippen LogP contribution in [0.5, 0.6) is 0 Å². The highest BCUT2D eigenvalue weighted by Gasteiger charge is 2.32. The number of primary amides is 1. The van der Waals surface area contributed by atoms with Crippen molar-refractivity contribution in [3.63, 3.8) is 0 Å². The predicted octanol–water partition coefficient (Wildman–Crippen LogP) is 0.902. The lowest BCUT2D eigenvalue weighted by molar-refractivity contribution is -0.123. The summed E-state index contributed by atoms with van der Waals surface area (Å²) >= 11 is 0. The quantitative estimate of drug-likeness (QED) is 0.692. The largest absolute Gasteiger partial charge is 0.368 e. The smallest absolute Gasteiger partial charge is 0.242 e. The molecule has 0 heterocycles.